The predicted molar refractivity (Wildman–Crippen MR) is 129 cm³/mol. The normalized spacial score (nSPS) is 11.5. The van der Waals surface area contributed by atoms with Gasteiger partial charge in [-0.1, -0.05) is 59.2 Å². The van der Waals surface area contributed by atoms with Crippen molar-refractivity contribution in [3.05, 3.63) is 83.1 Å². The molecule has 0 saturated carbocycles. The molecule has 10 heteroatoms. The molecule has 0 aliphatic rings. The molecule has 1 unspecified atom stereocenters. The second kappa shape index (κ2) is 10.3. The van der Waals surface area contributed by atoms with Crippen LogP contribution in [0, 0.1) is 6.92 Å². The molecule has 178 valence electrons. The second-order valence-electron chi connectivity index (χ2n) is 7.47. The third-order valence-corrected chi connectivity index (χ3v) is 5.41. The maximum absolute atomic E-state index is 12.6. The standard InChI is InChI=1S/C25H20ClN3O6/c1-14(18-9-3-4-10-19(18)26)33-24(30)28-22-15(2)35-29-23(22)17-8-5-7-16(13-17)20-11-6-12-21(27-20)34-25(31)32/h3-14H,1-2H3,(H,28,30)(H,31,32). The number of carboxylic acid groups (broad SMARTS) is 1. The van der Waals surface area contributed by atoms with E-state index in [1.165, 1.54) is 6.07 Å². The van der Waals surface area contributed by atoms with Crippen LogP contribution in [-0.2, 0) is 4.74 Å². The number of carbonyl (C=O) groups excluding carboxylic acids is 1. The minimum atomic E-state index is -1.45. The summed E-state index contributed by atoms with van der Waals surface area (Å²) in [7, 11) is 0. The molecule has 2 heterocycles. The summed E-state index contributed by atoms with van der Waals surface area (Å²) < 4.78 is 15.5. The lowest BCUT2D eigenvalue weighted by Gasteiger charge is -2.15. The molecule has 1 amide bonds. The molecule has 1 atom stereocenters. The third-order valence-electron chi connectivity index (χ3n) is 5.06. The lowest BCUT2D eigenvalue weighted by Crippen LogP contribution is -2.17. The van der Waals surface area contributed by atoms with E-state index in [0.29, 0.717) is 44.5 Å². The van der Waals surface area contributed by atoms with Crippen LogP contribution in [0.25, 0.3) is 22.5 Å². The van der Waals surface area contributed by atoms with Gasteiger partial charge in [0.15, 0.2) is 5.76 Å². The molecule has 2 N–H and O–H groups in total. The first-order valence-corrected chi connectivity index (χ1v) is 10.9. The summed E-state index contributed by atoms with van der Waals surface area (Å²) in [5.41, 5.74) is 3.24. The number of aromatic nitrogens is 2. The van der Waals surface area contributed by atoms with Gasteiger partial charge >= 0.3 is 12.2 Å². The molecule has 0 aliphatic carbocycles. The maximum Gasteiger partial charge on any atom is 0.512 e. The number of hydrogen-bond acceptors (Lipinski definition) is 7. The van der Waals surface area contributed by atoms with Gasteiger partial charge in [0.1, 0.15) is 17.5 Å². The van der Waals surface area contributed by atoms with Gasteiger partial charge in [0, 0.05) is 27.8 Å². The van der Waals surface area contributed by atoms with Crippen molar-refractivity contribution in [1.29, 1.82) is 0 Å². The van der Waals surface area contributed by atoms with E-state index in [9.17, 15) is 9.59 Å². The SMILES string of the molecule is Cc1onc(-c2cccc(-c3cccc(OC(=O)O)n3)c2)c1NC(=O)OC(C)c1ccccc1Cl. The van der Waals surface area contributed by atoms with Gasteiger partial charge in [0.25, 0.3) is 0 Å². The number of halogens is 1. The molecule has 2 aromatic carbocycles. The molecule has 0 spiro atoms. The summed E-state index contributed by atoms with van der Waals surface area (Å²) in [5, 5.41) is 16.1. The summed E-state index contributed by atoms with van der Waals surface area (Å²) in [4.78, 5) is 27.7. The van der Waals surface area contributed by atoms with Crippen LogP contribution >= 0.6 is 11.6 Å². The summed E-state index contributed by atoms with van der Waals surface area (Å²) in [6.07, 6.45) is -2.73. The van der Waals surface area contributed by atoms with E-state index in [4.69, 9.17) is 26.0 Å². The molecule has 35 heavy (non-hydrogen) atoms. The van der Waals surface area contributed by atoms with E-state index in [2.05, 4.69) is 20.2 Å². The van der Waals surface area contributed by atoms with Gasteiger partial charge in [-0.25, -0.2) is 14.6 Å². The summed E-state index contributed by atoms with van der Waals surface area (Å²) in [6, 6.07) is 19.1. The van der Waals surface area contributed by atoms with Gasteiger partial charge < -0.3 is 19.1 Å². The second-order valence-corrected chi connectivity index (χ2v) is 7.87. The number of carbonyl (C=O) groups is 2. The zero-order valence-electron chi connectivity index (χ0n) is 18.7. The number of nitrogens with one attached hydrogen (secondary N) is 1. The molecule has 0 fully saturated rings. The van der Waals surface area contributed by atoms with E-state index >= 15 is 0 Å². The number of ether oxygens (including phenoxy) is 2. The molecular weight excluding hydrogens is 474 g/mol. The first kappa shape index (κ1) is 23.8. The number of hydrogen-bond donors (Lipinski definition) is 2. The molecule has 4 rings (SSSR count). The number of rotatable bonds is 6. The average Bonchev–Trinajstić information content (AvgIpc) is 3.19. The van der Waals surface area contributed by atoms with Gasteiger partial charge in [-0.15, -0.1) is 0 Å². The van der Waals surface area contributed by atoms with E-state index in [1.807, 2.05) is 6.07 Å². The number of benzene rings is 2. The highest BCUT2D eigenvalue weighted by Crippen LogP contribution is 2.33. The molecule has 0 aliphatic heterocycles. The molecule has 0 saturated heterocycles. The zero-order chi connectivity index (χ0) is 24.9. The lowest BCUT2D eigenvalue weighted by molar-refractivity contribution is 0.121. The van der Waals surface area contributed by atoms with Crippen molar-refractivity contribution in [2.75, 3.05) is 5.32 Å². The van der Waals surface area contributed by atoms with Crippen LogP contribution in [0.1, 0.15) is 24.4 Å². The van der Waals surface area contributed by atoms with Crippen LogP contribution in [0.5, 0.6) is 5.88 Å². The van der Waals surface area contributed by atoms with Crippen LogP contribution in [-0.4, -0.2) is 27.5 Å². The van der Waals surface area contributed by atoms with Crippen LogP contribution in [0.2, 0.25) is 5.02 Å². The van der Waals surface area contributed by atoms with Crippen molar-refractivity contribution in [3.63, 3.8) is 0 Å². The Labute approximate surface area is 205 Å². The molecular formula is C25H20ClN3O6. The quantitative estimate of drug-likeness (QED) is 0.283. The summed E-state index contributed by atoms with van der Waals surface area (Å²) in [5.74, 6) is 0.346. The molecule has 2 aromatic heterocycles. The Morgan fingerprint density at radius 1 is 1.06 bits per heavy atom. The zero-order valence-corrected chi connectivity index (χ0v) is 19.4. The molecule has 0 radical (unpaired) electrons. The Morgan fingerprint density at radius 3 is 2.57 bits per heavy atom. The number of amides is 1. The molecule has 0 bridgehead atoms. The highest BCUT2D eigenvalue weighted by molar-refractivity contribution is 6.31. The summed E-state index contributed by atoms with van der Waals surface area (Å²) in [6.45, 7) is 3.39. The van der Waals surface area contributed by atoms with E-state index in [1.54, 1.807) is 68.4 Å². The van der Waals surface area contributed by atoms with Crippen molar-refractivity contribution in [3.8, 4) is 28.4 Å². The Morgan fingerprint density at radius 2 is 1.80 bits per heavy atom. The maximum atomic E-state index is 12.6. The average molecular weight is 494 g/mol. The van der Waals surface area contributed by atoms with Gasteiger partial charge in [-0.05, 0) is 32.0 Å². The number of aryl methyl sites for hydroxylation is 1. The smallest absolute Gasteiger partial charge is 0.449 e. The summed E-state index contributed by atoms with van der Waals surface area (Å²) >= 11 is 6.20. The number of nitrogens with zero attached hydrogens (tertiary/aromatic N) is 2. The van der Waals surface area contributed by atoms with Crippen LogP contribution in [0.15, 0.2) is 71.3 Å². The Hall–Kier alpha value is -4.37. The van der Waals surface area contributed by atoms with Gasteiger partial charge in [0.05, 0.1) is 5.69 Å². The monoisotopic (exact) mass is 493 g/mol. The van der Waals surface area contributed by atoms with Crippen molar-refractivity contribution >= 4 is 29.5 Å². The molecule has 4 aromatic rings. The largest absolute Gasteiger partial charge is 0.512 e. The Kier molecular flexibility index (Phi) is 6.98. The fraction of sp³-hybridized carbons (Fsp3) is 0.120. The lowest BCUT2D eigenvalue weighted by atomic mass is 10.0. The highest BCUT2D eigenvalue weighted by Gasteiger charge is 2.21. The van der Waals surface area contributed by atoms with E-state index in [-0.39, 0.29) is 5.88 Å². The predicted octanol–water partition coefficient (Wildman–Crippen LogP) is 6.73. The van der Waals surface area contributed by atoms with Crippen molar-refractivity contribution in [1.82, 2.24) is 10.1 Å². The third kappa shape index (κ3) is 5.59. The minimum Gasteiger partial charge on any atom is -0.449 e. The van der Waals surface area contributed by atoms with Gasteiger partial charge in [-0.3, -0.25) is 5.32 Å². The number of anilines is 1. The fourth-order valence-electron chi connectivity index (χ4n) is 3.42. The van der Waals surface area contributed by atoms with E-state index in [0.717, 1.165) is 0 Å². The van der Waals surface area contributed by atoms with Crippen LogP contribution in [0.4, 0.5) is 15.3 Å². The number of pyridine rings is 1. The minimum absolute atomic E-state index is 0.0459. The van der Waals surface area contributed by atoms with Crippen LogP contribution in [0.3, 0.4) is 0 Å². The van der Waals surface area contributed by atoms with Crippen LogP contribution < -0.4 is 10.1 Å². The van der Waals surface area contributed by atoms with Crippen molar-refractivity contribution in [2.45, 2.75) is 20.0 Å². The highest BCUT2D eigenvalue weighted by atomic mass is 35.5. The first-order chi connectivity index (χ1) is 16.8. The Balaban J connectivity index is 1.56. The van der Waals surface area contributed by atoms with Crippen molar-refractivity contribution in [2.24, 2.45) is 0 Å². The van der Waals surface area contributed by atoms with Gasteiger partial charge in [0.2, 0.25) is 5.88 Å². The Bertz CT molecular complexity index is 1390. The fourth-order valence-corrected chi connectivity index (χ4v) is 3.71. The molecule has 9 nitrogen and oxygen atoms in total. The van der Waals surface area contributed by atoms with E-state index < -0.39 is 18.4 Å². The first-order valence-electron chi connectivity index (χ1n) is 10.5. The van der Waals surface area contributed by atoms with Gasteiger partial charge in [-0.2, -0.15) is 0 Å². The van der Waals surface area contributed by atoms with Crippen molar-refractivity contribution < 1.29 is 28.7 Å². The topological polar surface area (TPSA) is 124 Å².